The van der Waals surface area contributed by atoms with E-state index in [1.54, 1.807) is 0 Å². The summed E-state index contributed by atoms with van der Waals surface area (Å²) in [5.41, 5.74) is 0. The Hall–Kier alpha value is -0.570. The molecule has 1 N–H and O–H groups in total. The molecule has 1 aliphatic rings. The van der Waals surface area contributed by atoms with Crippen LogP contribution in [-0.4, -0.2) is 25.2 Å². The number of carbonyl (C=O) groups excluding carboxylic acids is 1. The summed E-state index contributed by atoms with van der Waals surface area (Å²) in [4.78, 5) is 11.4. The van der Waals surface area contributed by atoms with Crippen molar-refractivity contribution in [3.63, 3.8) is 0 Å². The van der Waals surface area contributed by atoms with Crippen LogP contribution >= 0.6 is 0 Å². The van der Waals surface area contributed by atoms with Gasteiger partial charge in [-0.15, -0.1) is 0 Å². The van der Waals surface area contributed by atoms with Crippen molar-refractivity contribution < 1.29 is 9.53 Å². The van der Waals surface area contributed by atoms with Gasteiger partial charge in [0.05, 0.1) is 7.11 Å². The van der Waals surface area contributed by atoms with Crippen molar-refractivity contribution in [1.82, 2.24) is 5.32 Å². The molecule has 0 heterocycles. The highest BCUT2D eigenvalue weighted by atomic mass is 16.5. The van der Waals surface area contributed by atoms with Crippen molar-refractivity contribution in [3.8, 4) is 0 Å². The second kappa shape index (κ2) is 6.11. The Morgan fingerprint density at radius 1 is 1.40 bits per heavy atom. The minimum atomic E-state index is -0.129. The lowest BCUT2D eigenvalue weighted by atomic mass is 9.87. The fourth-order valence-electron chi connectivity index (χ4n) is 2.21. The third-order valence-corrected chi connectivity index (χ3v) is 3.35. The van der Waals surface area contributed by atoms with Crippen molar-refractivity contribution in [2.24, 2.45) is 5.92 Å². The van der Waals surface area contributed by atoms with Crippen LogP contribution in [0.3, 0.4) is 0 Å². The van der Waals surface area contributed by atoms with Gasteiger partial charge < -0.3 is 10.1 Å². The van der Waals surface area contributed by atoms with Crippen LogP contribution in [0, 0.1) is 5.92 Å². The molecule has 0 radical (unpaired) electrons. The monoisotopic (exact) mass is 213 g/mol. The van der Waals surface area contributed by atoms with E-state index in [4.69, 9.17) is 4.74 Å². The third-order valence-electron chi connectivity index (χ3n) is 3.35. The predicted molar refractivity (Wildman–Crippen MR) is 60.7 cm³/mol. The fourth-order valence-corrected chi connectivity index (χ4v) is 2.21. The molecule has 1 aliphatic carbocycles. The minimum absolute atomic E-state index is 0.117. The SMILES string of the molecule is CCC(NC1CCC(C)CC1)C(=O)OC. The molecule has 0 amide bonds. The highest BCUT2D eigenvalue weighted by molar-refractivity contribution is 5.75. The molecule has 0 spiro atoms. The van der Waals surface area contributed by atoms with Crippen molar-refractivity contribution >= 4 is 5.97 Å². The average Bonchev–Trinajstić information content (AvgIpc) is 2.27. The molecule has 0 saturated heterocycles. The second-order valence-corrected chi connectivity index (χ2v) is 4.61. The number of esters is 1. The molecular weight excluding hydrogens is 190 g/mol. The molecule has 88 valence electrons. The molecule has 0 aliphatic heterocycles. The average molecular weight is 213 g/mol. The maximum atomic E-state index is 11.4. The van der Waals surface area contributed by atoms with Crippen molar-refractivity contribution in [2.45, 2.75) is 58.0 Å². The van der Waals surface area contributed by atoms with E-state index in [2.05, 4.69) is 12.2 Å². The highest BCUT2D eigenvalue weighted by Gasteiger charge is 2.24. The number of methoxy groups -OCH3 is 1. The van der Waals surface area contributed by atoms with Crippen LogP contribution in [-0.2, 0) is 9.53 Å². The zero-order valence-electron chi connectivity index (χ0n) is 10.1. The summed E-state index contributed by atoms with van der Waals surface area (Å²) in [6, 6.07) is 0.388. The van der Waals surface area contributed by atoms with Crippen LogP contribution in [0.1, 0.15) is 46.0 Å². The Morgan fingerprint density at radius 3 is 2.47 bits per heavy atom. The maximum absolute atomic E-state index is 11.4. The van der Waals surface area contributed by atoms with Crippen LogP contribution in [0.4, 0.5) is 0 Å². The minimum Gasteiger partial charge on any atom is -0.468 e. The molecular formula is C12H23NO2. The molecule has 3 nitrogen and oxygen atoms in total. The third kappa shape index (κ3) is 3.82. The Labute approximate surface area is 92.6 Å². The molecule has 1 fully saturated rings. The molecule has 3 heteroatoms. The first-order valence-corrected chi connectivity index (χ1v) is 6.01. The molecule has 1 atom stereocenters. The van der Waals surface area contributed by atoms with Crippen LogP contribution < -0.4 is 5.32 Å². The summed E-state index contributed by atoms with van der Waals surface area (Å²) >= 11 is 0. The molecule has 1 unspecified atom stereocenters. The van der Waals surface area contributed by atoms with Crippen LogP contribution in [0.15, 0.2) is 0 Å². The number of nitrogens with one attached hydrogen (secondary N) is 1. The van der Waals surface area contributed by atoms with Gasteiger partial charge >= 0.3 is 5.97 Å². The Balaban J connectivity index is 2.35. The summed E-state index contributed by atoms with van der Waals surface area (Å²) in [6.07, 6.45) is 5.73. The van der Waals surface area contributed by atoms with E-state index in [1.165, 1.54) is 32.8 Å². The van der Waals surface area contributed by atoms with Crippen molar-refractivity contribution in [2.75, 3.05) is 7.11 Å². The van der Waals surface area contributed by atoms with E-state index in [9.17, 15) is 4.79 Å². The Kier molecular flexibility index (Phi) is 5.09. The number of rotatable bonds is 4. The first-order chi connectivity index (χ1) is 7.17. The highest BCUT2D eigenvalue weighted by Crippen LogP contribution is 2.23. The van der Waals surface area contributed by atoms with Gasteiger partial charge in [0.15, 0.2) is 0 Å². The van der Waals surface area contributed by atoms with E-state index < -0.39 is 0 Å². The summed E-state index contributed by atoms with van der Waals surface area (Å²) in [5.74, 6) is 0.720. The lowest BCUT2D eigenvalue weighted by molar-refractivity contribution is -0.143. The first-order valence-electron chi connectivity index (χ1n) is 6.01. The van der Waals surface area contributed by atoms with Gasteiger partial charge in [-0.2, -0.15) is 0 Å². The summed E-state index contributed by atoms with van der Waals surface area (Å²) in [7, 11) is 1.45. The van der Waals surface area contributed by atoms with E-state index in [-0.39, 0.29) is 12.0 Å². The fraction of sp³-hybridized carbons (Fsp3) is 0.917. The molecule has 0 aromatic carbocycles. The van der Waals surface area contributed by atoms with E-state index in [1.807, 2.05) is 6.92 Å². The zero-order valence-corrected chi connectivity index (χ0v) is 10.1. The maximum Gasteiger partial charge on any atom is 0.322 e. The largest absolute Gasteiger partial charge is 0.468 e. The van der Waals surface area contributed by atoms with Gasteiger partial charge in [0.25, 0.3) is 0 Å². The zero-order chi connectivity index (χ0) is 11.3. The topological polar surface area (TPSA) is 38.3 Å². The molecule has 0 aromatic heterocycles. The summed E-state index contributed by atoms with van der Waals surface area (Å²) in [5, 5.41) is 3.40. The Morgan fingerprint density at radius 2 is 2.00 bits per heavy atom. The smallest absolute Gasteiger partial charge is 0.322 e. The summed E-state index contributed by atoms with van der Waals surface area (Å²) in [6.45, 7) is 4.31. The number of hydrogen-bond acceptors (Lipinski definition) is 3. The van der Waals surface area contributed by atoms with Crippen LogP contribution in [0.25, 0.3) is 0 Å². The van der Waals surface area contributed by atoms with Gasteiger partial charge in [0.1, 0.15) is 6.04 Å². The van der Waals surface area contributed by atoms with E-state index >= 15 is 0 Å². The van der Waals surface area contributed by atoms with Crippen molar-refractivity contribution in [3.05, 3.63) is 0 Å². The van der Waals surface area contributed by atoms with Gasteiger partial charge in [-0.1, -0.05) is 13.8 Å². The predicted octanol–water partition coefficient (Wildman–Crippen LogP) is 2.11. The van der Waals surface area contributed by atoms with E-state index in [0.29, 0.717) is 6.04 Å². The van der Waals surface area contributed by atoms with Crippen molar-refractivity contribution in [1.29, 1.82) is 0 Å². The molecule has 1 rings (SSSR count). The van der Waals surface area contributed by atoms with Gasteiger partial charge in [0.2, 0.25) is 0 Å². The second-order valence-electron chi connectivity index (χ2n) is 4.61. The Bertz CT molecular complexity index is 198. The first kappa shape index (κ1) is 12.5. The number of ether oxygens (including phenoxy) is 1. The van der Waals surface area contributed by atoms with Crippen LogP contribution in [0.5, 0.6) is 0 Å². The molecule has 15 heavy (non-hydrogen) atoms. The lowest BCUT2D eigenvalue weighted by Gasteiger charge is -2.29. The van der Waals surface area contributed by atoms with Gasteiger partial charge in [0, 0.05) is 6.04 Å². The summed E-state index contributed by atoms with van der Waals surface area (Å²) < 4.78 is 4.76. The molecule has 0 bridgehead atoms. The quantitative estimate of drug-likeness (QED) is 0.727. The van der Waals surface area contributed by atoms with E-state index in [0.717, 1.165) is 12.3 Å². The van der Waals surface area contributed by atoms with Crippen LogP contribution in [0.2, 0.25) is 0 Å². The number of carbonyl (C=O) groups is 1. The molecule has 1 saturated carbocycles. The molecule has 0 aromatic rings. The number of hydrogen-bond donors (Lipinski definition) is 1. The van der Waals surface area contributed by atoms with Gasteiger partial charge in [-0.25, -0.2) is 0 Å². The lowest BCUT2D eigenvalue weighted by Crippen LogP contribution is -2.44. The van der Waals surface area contributed by atoms with Gasteiger partial charge in [-0.05, 0) is 38.0 Å². The normalized spacial score (nSPS) is 28.5. The van der Waals surface area contributed by atoms with Gasteiger partial charge in [-0.3, -0.25) is 4.79 Å². The standard InChI is InChI=1S/C12H23NO2/c1-4-11(12(14)15-3)13-10-7-5-9(2)6-8-10/h9-11,13H,4-8H2,1-3H3.